The van der Waals surface area contributed by atoms with Crippen molar-refractivity contribution in [2.45, 2.75) is 31.7 Å². The van der Waals surface area contributed by atoms with Crippen LogP contribution in [0.2, 0.25) is 0 Å². The Labute approximate surface area is 205 Å². The number of nitrogens with zero attached hydrogens (tertiary/aromatic N) is 3. The number of carboxylic acid groups (broad SMARTS) is 1. The molecule has 2 aromatic carbocycles. The minimum atomic E-state index is -5.08. The molecule has 3 heterocycles. The summed E-state index contributed by atoms with van der Waals surface area (Å²) < 4.78 is 50.2. The van der Waals surface area contributed by atoms with Gasteiger partial charge in [-0.3, -0.25) is 4.90 Å². The van der Waals surface area contributed by atoms with Crippen LogP contribution in [0.4, 0.5) is 13.2 Å². The first kappa shape index (κ1) is 25.5. The normalized spacial score (nSPS) is 16.7. The van der Waals surface area contributed by atoms with Crippen LogP contribution in [0.5, 0.6) is 11.5 Å². The molecule has 1 N–H and O–H groups in total. The van der Waals surface area contributed by atoms with Crippen molar-refractivity contribution in [3.05, 3.63) is 77.4 Å². The summed E-state index contributed by atoms with van der Waals surface area (Å²) in [4.78, 5) is 16.1. The smallest absolute Gasteiger partial charge is 0.475 e. The van der Waals surface area contributed by atoms with E-state index >= 15 is 0 Å². The fourth-order valence-corrected chi connectivity index (χ4v) is 4.33. The Morgan fingerprint density at radius 2 is 1.94 bits per heavy atom. The number of imidazole rings is 1. The second-order valence-electron chi connectivity index (χ2n) is 8.38. The standard InChI is InChI=1S/C23H25N3O3.C2HF3O2/c1-27-11-10-26-9-8-24-23(26)20-15-25(14-18-4-2-3-5-19(18)20)13-17-6-7-21-22(12-17)29-16-28-21;3-2(4,5)1(6)7/h2-9,12,20H,10-11,13-16H2,1H3;(H,6,7). The first-order chi connectivity index (χ1) is 17.3. The van der Waals surface area contributed by atoms with Crippen LogP contribution in [0.3, 0.4) is 0 Å². The van der Waals surface area contributed by atoms with Gasteiger partial charge in [0.1, 0.15) is 5.82 Å². The van der Waals surface area contributed by atoms with Gasteiger partial charge in [0.25, 0.3) is 0 Å². The largest absolute Gasteiger partial charge is 0.490 e. The first-order valence-corrected chi connectivity index (χ1v) is 11.2. The molecular formula is C25H26F3N3O5. The predicted molar refractivity (Wildman–Crippen MR) is 123 cm³/mol. The summed E-state index contributed by atoms with van der Waals surface area (Å²) in [6.07, 6.45) is -1.14. The molecule has 0 saturated heterocycles. The van der Waals surface area contributed by atoms with Crippen molar-refractivity contribution in [3.8, 4) is 11.5 Å². The molecule has 0 radical (unpaired) electrons. The number of ether oxygens (including phenoxy) is 3. The summed E-state index contributed by atoms with van der Waals surface area (Å²) in [5, 5.41) is 7.12. The van der Waals surface area contributed by atoms with Gasteiger partial charge in [-0.25, -0.2) is 9.78 Å². The van der Waals surface area contributed by atoms with E-state index in [9.17, 15) is 13.2 Å². The molecule has 0 spiro atoms. The fourth-order valence-electron chi connectivity index (χ4n) is 4.33. The van der Waals surface area contributed by atoms with Gasteiger partial charge in [-0.2, -0.15) is 13.2 Å². The minimum absolute atomic E-state index is 0.237. The molecule has 0 saturated carbocycles. The third kappa shape index (κ3) is 5.97. The highest BCUT2D eigenvalue weighted by Crippen LogP contribution is 2.36. The van der Waals surface area contributed by atoms with E-state index in [-0.39, 0.29) is 5.92 Å². The van der Waals surface area contributed by atoms with Crippen LogP contribution in [0.1, 0.15) is 28.4 Å². The third-order valence-electron chi connectivity index (χ3n) is 5.95. The third-order valence-corrected chi connectivity index (χ3v) is 5.95. The number of aromatic nitrogens is 2. The van der Waals surface area contributed by atoms with E-state index in [1.54, 1.807) is 7.11 Å². The zero-order chi connectivity index (χ0) is 25.7. The highest BCUT2D eigenvalue weighted by molar-refractivity contribution is 5.73. The lowest BCUT2D eigenvalue weighted by Gasteiger charge is -2.34. The summed E-state index contributed by atoms with van der Waals surface area (Å²) in [5.41, 5.74) is 3.97. The Kier molecular flexibility index (Phi) is 7.80. The summed E-state index contributed by atoms with van der Waals surface area (Å²) >= 11 is 0. The Bertz CT molecular complexity index is 1200. The number of hydrogen-bond acceptors (Lipinski definition) is 6. The fraction of sp³-hybridized carbons (Fsp3) is 0.360. The maximum Gasteiger partial charge on any atom is 0.490 e. The number of methoxy groups -OCH3 is 1. The number of hydrogen-bond donors (Lipinski definition) is 1. The second kappa shape index (κ2) is 11.0. The van der Waals surface area contributed by atoms with Crippen LogP contribution in [-0.2, 0) is 29.2 Å². The number of alkyl halides is 3. The summed E-state index contributed by atoms with van der Waals surface area (Å²) in [7, 11) is 1.74. The Morgan fingerprint density at radius 3 is 2.69 bits per heavy atom. The zero-order valence-electron chi connectivity index (χ0n) is 19.6. The van der Waals surface area contributed by atoms with E-state index in [0.717, 1.165) is 43.5 Å². The Balaban J connectivity index is 0.000000384. The highest BCUT2D eigenvalue weighted by Gasteiger charge is 2.38. The molecule has 0 fully saturated rings. The molecule has 0 aliphatic carbocycles. The van der Waals surface area contributed by atoms with Crippen LogP contribution < -0.4 is 9.47 Å². The second-order valence-corrected chi connectivity index (χ2v) is 8.38. The number of halogens is 3. The number of rotatable bonds is 6. The quantitative estimate of drug-likeness (QED) is 0.541. The van der Waals surface area contributed by atoms with E-state index in [2.05, 4.69) is 45.9 Å². The van der Waals surface area contributed by atoms with E-state index in [0.29, 0.717) is 13.4 Å². The molecule has 5 rings (SSSR count). The van der Waals surface area contributed by atoms with Gasteiger partial charge in [0.15, 0.2) is 11.5 Å². The number of benzene rings is 2. The van der Waals surface area contributed by atoms with Gasteiger partial charge in [-0.1, -0.05) is 30.3 Å². The lowest BCUT2D eigenvalue weighted by molar-refractivity contribution is -0.192. The lowest BCUT2D eigenvalue weighted by Crippen LogP contribution is -2.35. The van der Waals surface area contributed by atoms with Crippen LogP contribution in [-0.4, -0.2) is 58.8 Å². The molecule has 36 heavy (non-hydrogen) atoms. The van der Waals surface area contributed by atoms with Crippen molar-refractivity contribution in [3.63, 3.8) is 0 Å². The number of fused-ring (bicyclic) bond motifs is 2. The van der Waals surface area contributed by atoms with Gasteiger partial charge in [-0.15, -0.1) is 0 Å². The predicted octanol–water partition coefficient (Wildman–Crippen LogP) is 4.04. The molecule has 2 aliphatic rings. The van der Waals surface area contributed by atoms with Gasteiger partial charge in [0, 0.05) is 45.7 Å². The van der Waals surface area contributed by atoms with Crippen LogP contribution >= 0.6 is 0 Å². The van der Waals surface area contributed by atoms with Gasteiger partial charge >= 0.3 is 12.1 Å². The Morgan fingerprint density at radius 1 is 1.19 bits per heavy atom. The average molecular weight is 505 g/mol. The van der Waals surface area contributed by atoms with Crippen LogP contribution in [0.25, 0.3) is 0 Å². The minimum Gasteiger partial charge on any atom is -0.475 e. The maximum absolute atomic E-state index is 10.6. The molecule has 8 nitrogen and oxygen atoms in total. The molecule has 0 amide bonds. The van der Waals surface area contributed by atoms with E-state index in [1.165, 1.54) is 16.7 Å². The highest BCUT2D eigenvalue weighted by atomic mass is 19.4. The molecule has 1 unspecified atom stereocenters. The number of carboxylic acids is 1. The van der Waals surface area contributed by atoms with Crippen LogP contribution in [0.15, 0.2) is 54.9 Å². The first-order valence-electron chi connectivity index (χ1n) is 11.2. The topological polar surface area (TPSA) is 86.0 Å². The van der Waals surface area contributed by atoms with E-state index in [1.807, 2.05) is 18.5 Å². The van der Waals surface area contributed by atoms with Crippen molar-refractivity contribution >= 4 is 5.97 Å². The lowest BCUT2D eigenvalue weighted by atomic mass is 9.88. The SMILES string of the molecule is COCCn1ccnc1C1CN(Cc2ccc3c(c2)OCO3)Cc2ccccc21.O=C(O)C(F)(F)F. The van der Waals surface area contributed by atoms with Crippen molar-refractivity contribution in [2.75, 3.05) is 27.1 Å². The molecule has 0 bridgehead atoms. The van der Waals surface area contributed by atoms with Crippen molar-refractivity contribution in [1.29, 1.82) is 0 Å². The van der Waals surface area contributed by atoms with E-state index in [4.69, 9.17) is 29.1 Å². The molecule has 3 aromatic rings. The van der Waals surface area contributed by atoms with Crippen molar-refractivity contribution in [1.82, 2.24) is 14.5 Å². The molecular weight excluding hydrogens is 479 g/mol. The average Bonchev–Trinajstić information content (AvgIpc) is 3.51. The van der Waals surface area contributed by atoms with Gasteiger partial charge in [0.2, 0.25) is 6.79 Å². The van der Waals surface area contributed by atoms with Gasteiger partial charge in [0.05, 0.1) is 12.5 Å². The number of carbonyl (C=O) groups is 1. The van der Waals surface area contributed by atoms with Gasteiger partial charge in [-0.05, 0) is 28.8 Å². The van der Waals surface area contributed by atoms with Crippen LogP contribution in [0, 0.1) is 0 Å². The maximum atomic E-state index is 10.6. The Hall–Kier alpha value is -3.57. The molecule has 1 atom stereocenters. The monoisotopic (exact) mass is 505 g/mol. The molecule has 192 valence electrons. The summed E-state index contributed by atoms with van der Waals surface area (Å²) in [6.45, 7) is 4.52. The molecule has 1 aromatic heterocycles. The molecule has 11 heteroatoms. The van der Waals surface area contributed by atoms with E-state index < -0.39 is 12.1 Å². The zero-order valence-corrected chi connectivity index (χ0v) is 19.6. The van der Waals surface area contributed by atoms with Crippen molar-refractivity contribution in [2.24, 2.45) is 0 Å². The summed E-state index contributed by atoms with van der Waals surface area (Å²) in [5.74, 6) is 0.251. The van der Waals surface area contributed by atoms with Crippen molar-refractivity contribution < 1.29 is 37.3 Å². The van der Waals surface area contributed by atoms with Gasteiger partial charge < -0.3 is 23.9 Å². The summed E-state index contributed by atoms with van der Waals surface area (Å²) in [6, 6.07) is 15.0. The number of aliphatic carboxylic acids is 1. The molecule has 2 aliphatic heterocycles.